The molecule has 3 heterocycles. The number of aryl methyl sites for hydroxylation is 2. The summed E-state index contributed by atoms with van der Waals surface area (Å²) in [6, 6.07) is 14.3. The summed E-state index contributed by atoms with van der Waals surface area (Å²) in [5.41, 5.74) is 7.69. The number of fused-ring (bicyclic) bond motifs is 5. The number of benzene rings is 3. The van der Waals surface area contributed by atoms with Gasteiger partial charge in [0.2, 0.25) is 5.69 Å². The zero-order valence-electron chi connectivity index (χ0n) is 22.8. The molecule has 0 N–H and O–H groups in total. The van der Waals surface area contributed by atoms with Crippen molar-refractivity contribution in [1.29, 1.82) is 0 Å². The highest BCUT2D eigenvalue weighted by Gasteiger charge is 2.33. The van der Waals surface area contributed by atoms with Gasteiger partial charge in [-0.2, -0.15) is 0 Å². The minimum absolute atomic E-state index is 0.222. The average molecular weight is 511 g/mol. The molecule has 184 valence electrons. The predicted molar refractivity (Wildman–Crippen MR) is 159 cm³/mol. The second kappa shape index (κ2) is 8.07. The first-order valence-electron chi connectivity index (χ1n) is 13.0. The van der Waals surface area contributed by atoms with Crippen molar-refractivity contribution in [1.82, 2.24) is 0 Å². The summed E-state index contributed by atoms with van der Waals surface area (Å²) >= 11 is 3.90. The van der Waals surface area contributed by atoms with Gasteiger partial charge in [0.25, 0.3) is 0 Å². The number of hydrogen-bond acceptors (Lipinski definition) is 2. The summed E-state index contributed by atoms with van der Waals surface area (Å²) in [5, 5.41) is 9.25. The van der Waals surface area contributed by atoms with Crippen LogP contribution in [-0.4, -0.2) is 0 Å². The highest BCUT2D eigenvalue weighted by Crippen LogP contribution is 2.54. The van der Waals surface area contributed by atoms with Crippen molar-refractivity contribution in [2.24, 2.45) is 17.9 Å². The molecule has 0 amide bonds. The second-order valence-corrected chi connectivity index (χ2v) is 15.0. The maximum atomic E-state index is 2.45. The molecule has 0 spiro atoms. The summed E-state index contributed by atoms with van der Waals surface area (Å²) in [6.07, 6.45) is 4.44. The summed E-state index contributed by atoms with van der Waals surface area (Å²) in [5.74, 6) is 0. The smallest absolute Gasteiger partial charge is 0.200 e. The summed E-state index contributed by atoms with van der Waals surface area (Å²) in [7, 11) is 2.22. The van der Waals surface area contributed by atoms with E-state index in [-0.39, 0.29) is 10.8 Å². The lowest BCUT2D eigenvalue weighted by atomic mass is 9.84. The van der Waals surface area contributed by atoms with Gasteiger partial charge in [0, 0.05) is 25.9 Å². The third kappa shape index (κ3) is 3.87. The van der Waals surface area contributed by atoms with Crippen LogP contribution in [0.1, 0.15) is 58.2 Å². The fraction of sp³-hybridized carbons (Fsp3) is 0.364. The summed E-state index contributed by atoms with van der Waals surface area (Å²) < 4.78 is 3.81. The SMILES string of the molecule is Cc1c2c(c(CC(C)(C)C)c3ccsc13)Sc1cc3ccc(CC(C)(C)C)cc3c3cc[n+](C)c-2c13. The van der Waals surface area contributed by atoms with E-state index in [4.69, 9.17) is 0 Å². The molecule has 1 nitrogen and oxygen atoms in total. The lowest BCUT2D eigenvalue weighted by Crippen LogP contribution is -2.32. The molecular weight excluding hydrogens is 475 g/mol. The fourth-order valence-electron chi connectivity index (χ4n) is 6.01. The topological polar surface area (TPSA) is 3.88 Å². The Morgan fingerprint density at radius 3 is 2.31 bits per heavy atom. The molecule has 1 aliphatic rings. The largest absolute Gasteiger partial charge is 0.222 e. The van der Waals surface area contributed by atoms with Gasteiger partial charge < -0.3 is 0 Å². The van der Waals surface area contributed by atoms with Gasteiger partial charge in [-0.15, -0.1) is 11.3 Å². The zero-order chi connectivity index (χ0) is 25.6. The highest BCUT2D eigenvalue weighted by atomic mass is 32.2. The molecule has 0 unspecified atom stereocenters. The van der Waals surface area contributed by atoms with Crippen molar-refractivity contribution in [3.8, 4) is 11.3 Å². The number of rotatable bonds is 2. The van der Waals surface area contributed by atoms with E-state index in [1.807, 2.05) is 23.1 Å². The van der Waals surface area contributed by atoms with E-state index in [9.17, 15) is 0 Å². The third-order valence-electron chi connectivity index (χ3n) is 7.36. The first-order valence-corrected chi connectivity index (χ1v) is 14.7. The average Bonchev–Trinajstić information content (AvgIpc) is 3.27. The molecule has 36 heavy (non-hydrogen) atoms. The van der Waals surface area contributed by atoms with E-state index in [0.717, 1.165) is 12.8 Å². The molecule has 0 bridgehead atoms. The Balaban J connectivity index is 1.71. The van der Waals surface area contributed by atoms with Gasteiger partial charge >= 0.3 is 0 Å². The Kier molecular flexibility index (Phi) is 5.38. The second-order valence-electron chi connectivity index (χ2n) is 13.0. The molecule has 3 heteroatoms. The highest BCUT2D eigenvalue weighted by molar-refractivity contribution is 8.00. The van der Waals surface area contributed by atoms with Gasteiger partial charge in [-0.3, -0.25) is 0 Å². The Bertz CT molecular complexity index is 1690. The zero-order valence-corrected chi connectivity index (χ0v) is 24.4. The van der Waals surface area contributed by atoms with Crippen LogP contribution < -0.4 is 4.57 Å². The van der Waals surface area contributed by atoms with Crippen LogP contribution in [0.3, 0.4) is 0 Å². The van der Waals surface area contributed by atoms with Gasteiger partial charge in [0.15, 0.2) is 6.20 Å². The van der Waals surface area contributed by atoms with Gasteiger partial charge in [0.05, 0.1) is 10.9 Å². The van der Waals surface area contributed by atoms with Crippen LogP contribution in [0.5, 0.6) is 0 Å². The summed E-state index contributed by atoms with van der Waals surface area (Å²) in [4.78, 5) is 2.86. The number of aromatic nitrogens is 1. The first-order chi connectivity index (χ1) is 16.9. The lowest BCUT2D eigenvalue weighted by molar-refractivity contribution is -0.659. The minimum atomic E-state index is 0.222. The Hall–Kier alpha value is -2.36. The normalized spacial score (nSPS) is 13.7. The standard InChI is InChI=1S/C33H36NS2/c1-19-27-29-28-22(11-13-34(29)8)24-15-20(17-32(2,3)4)9-10-21(24)16-26(28)36-31(27)25(18-33(5,6)7)23-12-14-35-30(19)23/h9-16H,17-18H2,1-8H3/q+1. The molecule has 0 aliphatic carbocycles. The third-order valence-corrected chi connectivity index (χ3v) is 9.59. The van der Waals surface area contributed by atoms with Crippen molar-refractivity contribution >= 4 is 54.7 Å². The molecular formula is C33H36NS2+. The number of nitrogens with zero attached hydrogens (tertiary/aromatic N) is 1. The molecule has 6 rings (SSSR count). The molecule has 0 saturated carbocycles. The van der Waals surface area contributed by atoms with Gasteiger partial charge in [-0.25, -0.2) is 4.57 Å². The number of pyridine rings is 1. The van der Waals surface area contributed by atoms with E-state index in [0.29, 0.717) is 0 Å². The molecule has 2 aromatic heterocycles. The van der Waals surface area contributed by atoms with Crippen molar-refractivity contribution < 1.29 is 4.57 Å². The predicted octanol–water partition coefficient (Wildman–Crippen LogP) is 9.65. The number of thiophene rings is 1. The monoisotopic (exact) mass is 510 g/mol. The van der Waals surface area contributed by atoms with Crippen molar-refractivity contribution in [3.63, 3.8) is 0 Å². The number of hydrogen-bond donors (Lipinski definition) is 0. The van der Waals surface area contributed by atoms with Crippen LogP contribution in [0.25, 0.3) is 42.9 Å². The molecule has 0 saturated heterocycles. The van der Waals surface area contributed by atoms with E-state index < -0.39 is 0 Å². The van der Waals surface area contributed by atoms with E-state index in [1.54, 1.807) is 0 Å². The quantitative estimate of drug-likeness (QED) is 0.166. The van der Waals surface area contributed by atoms with Gasteiger partial charge in [0.1, 0.15) is 7.05 Å². The molecule has 3 aromatic carbocycles. The maximum absolute atomic E-state index is 2.45. The molecule has 0 fully saturated rings. The van der Waals surface area contributed by atoms with Crippen LogP contribution in [0.15, 0.2) is 57.8 Å². The van der Waals surface area contributed by atoms with Crippen molar-refractivity contribution in [3.05, 3.63) is 64.7 Å². The van der Waals surface area contributed by atoms with Crippen molar-refractivity contribution in [2.75, 3.05) is 0 Å². The fourth-order valence-corrected chi connectivity index (χ4v) is 8.32. The van der Waals surface area contributed by atoms with Gasteiger partial charge in [-0.1, -0.05) is 71.5 Å². The molecule has 0 radical (unpaired) electrons. The molecule has 1 aliphatic heterocycles. The van der Waals surface area contributed by atoms with Crippen LogP contribution in [0.4, 0.5) is 0 Å². The first kappa shape index (κ1) is 24.0. The Labute approximate surface area is 223 Å². The Morgan fingerprint density at radius 2 is 1.58 bits per heavy atom. The van der Waals surface area contributed by atoms with Gasteiger partial charge in [-0.05, 0) is 81.0 Å². The summed E-state index contributed by atoms with van der Waals surface area (Å²) in [6.45, 7) is 16.4. The molecule has 0 atom stereocenters. The van der Waals surface area contributed by atoms with Crippen molar-refractivity contribution in [2.45, 2.75) is 71.1 Å². The maximum Gasteiger partial charge on any atom is 0.222 e. The molecule has 5 aromatic rings. The van der Waals surface area contributed by atoms with Crippen LogP contribution in [0, 0.1) is 17.8 Å². The minimum Gasteiger partial charge on any atom is -0.200 e. The lowest BCUT2D eigenvalue weighted by Gasteiger charge is -2.27. The van der Waals surface area contributed by atoms with E-state index >= 15 is 0 Å². The van der Waals surface area contributed by atoms with Crippen LogP contribution >= 0.6 is 23.1 Å². The van der Waals surface area contributed by atoms with Crippen LogP contribution in [-0.2, 0) is 19.9 Å². The Morgan fingerprint density at radius 1 is 0.833 bits per heavy atom. The van der Waals surface area contributed by atoms with E-state index in [1.165, 1.54) is 69.4 Å². The van der Waals surface area contributed by atoms with Crippen LogP contribution in [0.2, 0.25) is 0 Å². The van der Waals surface area contributed by atoms with E-state index in [2.05, 4.69) is 108 Å².